The quantitative estimate of drug-likeness (QED) is 0.851. The molecule has 3 heteroatoms. The van der Waals surface area contributed by atoms with E-state index < -0.39 is 11.8 Å². The van der Waals surface area contributed by atoms with Crippen molar-refractivity contribution in [1.29, 1.82) is 0 Å². The molecule has 1 aromatic rings. The van der Waals surface area contributed by atoms with E-state index in [-0.39, 0.29) is 5.56 Å². The van der Waals surface area contributed by atoms with E-state index in [1.54, 1.807) is 26.0 Å². The molecule has 0 aliphatic carbocycles. The second kappa shape index (κ2) is 4.73. The first kappa shape index (κ1) is 12.5. The van der Waals surface area contributed by atoms with Crippen molar-refractivity contribution in [3.63, 3.8) is 0 Å². The number of hydrogen-bond acceptors (Lipinski definition) is 1. The second-order valence-electron chi connectivity index (χ2n) is 5.09. The smallest absolute Gasteiger partial charge is 0.275 e. The van der Waals surface area contributed by atoms with E-state index in [4.69, 9.17) is 0 Å². The summed E-state index contributed by atoms with van der Waals surface area (Å²) in [4.78, 5) is 0. The van der Waals surface area contributed by atoms with Gasteiger partial charge < -0.3 is 5.32 Å². The molecule has 1 aliphatic rings. The fourth-order valence-electron chi connectivity index (χ4n) is 2.25. The summed E-state index contributed by atoms with van der Waals surface area (Å²) in [5.74, 6) is -2.91. The van der Waals surface area contributed by atoms with Crippen LogP contribution >= 0.6 is 0 Å². The van der Waals surface area contributed by atoms with Crippen molar-refractivity contribution in [2.45, 2.75) is 32.1 Å². The van der Waals surface area contributed by atoms with Gasteiger partial charge >= 0.3 is 0 Å². The van der Waals surface area contributed by atoms with Crippen LogP contribution in [0.1, 0.15) is 37.3 Å². The Morgan fingerprint density at radius 2 is 1.88 bits per heavy atom. The maximum Gasteiger partial charge on any atom is 0.275 e. The number of nitrogens with one attached hydrogen (secondary N) is 1. The summed E-state index contributed by atoms with van der Waals surface area (Å²) >= 11 is 0. The van der Waals surface area contributed by atoms with Gasteiger partial charge in [0.2, 0.25) is 0 Å². The van der Waals surface area contributed by atoms with Crippen LogP contribution in [0, 0.1) is 5.92 Å². The normalized spacial score (nSPS) is 21.1. The molecule has 0 spiro atoms. The maximum atomic E-state index is 13.8. The minimum atomic E-state index is -2.73. The monoisotopic (exact) mass is 239 g/mol. The fourth-order valence-corrected chi connectivity index (χ4v) is 2.25. The fraction of sp³-hybridized carbons (Fsp3) is 0.571. The highest BCUT2D eigenvalue weighted by Crippen LogP contribution is 2.36. The highest BCUT2D eigenvalue weighted by molar-refractivity contribution is 5.29. The Kier molecular flexibility index (Phi) is 3.48. The average Bonchev–Trinajstić information content (AvgIpc) is 2.82. The average molecular weight is 239 g/mol. The molecule has 1 N–H and O–H groups in total. The van der Waals surface area contributed by atoms with E-state index >= 15 is 0 Å². The minimum Gasteiger partial charge on any atom is -0.316 e. The van der Waals surface area contributed by atoms with Crippen molar-refractivity contribution in [3.05, 3.63) is 35.4 Å². The summed E-state index contributed by atoms with van der Waals surface area (Å²) in [6, 6.07) is 6.86. The van der Waals surface area contributed by atoms with Gasteiger partial charge in [-0.25, -0.2) is 8.78 Å². The van der Waals surface area contributed by atoms with Gasteiger partial charge in [-0.15, -0.1) is 0 Å². The van der Waals surface area contributed by atoms with Gasteiger partial charge in [0.05, 0.1) is 0 Å². The van der Waals surface area contributed by atoms with Crippen LogP contribution in [0.15, 0.2) is 24.3 Å². The summed E-state index contributed by atoms with van der Waals surface area (Å²) in [5.41, 5.74) is 1.29. The van der Waals surface area contributed by atoms with Crippen LogP contribution in [-0.4, -0.2) is 13.1 Å². The summed E-state index contributed by atoms with van der Waals surface area (Å²) in [6.45, 7) is 5.08. The predicted octanol–water partition coefficient (Wildman–Crippen LogP) is 3.51. The third kappa shape index (κ3) is 2.49. The van der Waals surface area contributed by atoms with Gasteiger partial charge in [-0.2, -0.15) is 0 Å². The van der Waals surface area contributed by atoms with Crippen molar-refractivity contribution in [3.8, 4) is 0 Å². The van der Waals surface area contributed by atoms with Crippen LogP contribution in [-0.2, 0) is 5.92 Å². The third-order valence-corrected chi connectivity index (χ3v) is 3.55. The molecule has 1 fully saturated rings. The van der Waals surface area contributed by atoms with Crippen LogP contribution < -0.4 is 5.32 Å². The SMILES string of the molecule is CC(C)C(F)(F)c1ccc(C2CCNC2)cc1. The lowest BCUT2D eigenvalue weighted by Gasteiger charge is -2.21. The zero-order chi connectivity index (χ0) is 12.5. The van der Waals surface area contributed by atoms with Crippen molar-refractivity contribution in [2.75, 3.05) is 13.1 Å². The summed E-state index contributed by atoms with van der Waals surface area (Å²) in [5, 5.41) is 3.29. The molecule has 94 valence electrons. The Bertz CT molecular complexity index is 364. The number of hydrogen-bond donors (Lipinski definition) is 1. The van der Waals surface area contributed by atoms with Crippen LogP contribution in [0.5, 0.6) is 0 Å². The highest BCUT2D eigenvalue weighted by Gasteiger charge is 2.35. The summed E-state index contributed by atoms with van der Waals surface area (Å²) < 4.78 is 27.6. The van der Waals surface area contributed by atoms with E-state index in [0.717, 1.165) is 19.5 Å². The van der Waals surface area contributed by atoms with Gasteiger partial charge in [0.1, 0.15) is 0 Å². The highest BCUT2D eigenvalue weighted by atomic mass is 19.3. The van der Waals surface area contributed by atoms with Crippen molar-refractivity contribution in [1.82, 2.24) is 5.32 Å². The van der Waals surface area contributed by atoms with Crippen LogP contribution in [0.2, 0.25) is 0 Å². The molecule has 17 heavy (non-hydrogen) atoms. The molecule has 0 saturated carbocycles. The molecule has 0 bridgehead atoms. The number of rotatable bonds is 3. The van der Waals surface area contributed by atoms with Gasteiger partial charge in [0.15, 0.2) is 0 Å². The first-order valence-corrected chi connectivity index (χ1v) is 6.20. The molecule has 0 amide bonds. The van der Waals surface area contributed by atoms with E-state index in [9.17, 15) is 8.78 Å². The number of benzene rings is 1. The minimum absolute atomic E-state index is 0.127. The molecule has 1 nitrogen and oxygen atoms in total. The molecule has 1 unspecified atom stereocenters. The lowest BCUT2D eigenvalue weighted by Crippen LogP contribution is -2.20. The molecule has 1 heterocycles. The standard InChI is InChI=1S/C14H19F2N/c1-10(2)14(15,16)13-5-3-11(4-6-13)12-7-8-17-9-12/h3-6,10,12,17H,7-9H2,1-2H3. The van der Waals surface area contributed by atoms with Crippen molar-refractivity contribution in [2.24, 2.45) is 5.92 Å². The van der Waals surface area contributed by atoms with Gasteiger partial charge in [-0.05, 0) is 24.4 Å². The molecule has 1 aromatic carbocycles. The molecule has 0 radical (unpaired) electrons. The topological polar surface area (TPSA) is 12.0 Å². The lowest BCUT2D eigenvalue weighted by atomic mass is 9.93. The Morgan fingerprint density at radius 3 is 2.35 bits per heavy atom. The molecule has 1 saturated heterocycles. The third-order valence-electron chi connectivity index (χ3n) is 3.55. The Morgan fingerprint density at radius 1 is 1.24 bits per heavy atom. The lowest BCUT2D eigenvalue weighted by molar-refractivity contribution is -0.0513. The molecular formula is C14H19F2N. The molecule has 2 rings (SSSR count). The van der Waals surface area contributed by atoms with Crippen molar-refractivity contribution < 1.29 is 8.78 Å². The van der Waals surface area contributed by atoms with Crippen LogP contribution in [0.4, 0.5) is 8.78 Å². The first-order valence-electron chi connectivity index (χ1n) is 6.20. The van der Waals surface area contributed by atoms with E-state index in [0.29, 0.717) is 5.92 Å². The largest absolute Gasteiger partial charge is 0.316 e. The zero-order valence-electron chi connectivity index (χ0n) is 10.3. The summed E-state index contributed by atoms with van der Waals surface area (Å²) in [7, 11) is 0. The van der Waals surface area contributed by atoms with Crippen LogP contribution in [0.25, 0.3) is 0 Å². The first-order chi connectivity index (χ1) is 8.01. The van der Waals surface area contributed by atoms with Gasteiger partial charge in [-0.3, -0.25) is 0 Å². The van der Waals surface area contributed by atoms with E-state index in [2.05, 4.69) is 5.32 Å². The Labute approximate surface area is 101 Å². The Balaban J connectivity index is 2.17. The van der Waals surface area contributed by atoms with Crippen LogP contribution in [0.3, 0.4) is 0 Å². The maximum absolute atomic E-state index is 13.8. The summed E-state index contributed by atoms with van der Waals surface area (Å²) in [6.07, 6.45) is 1.10. The van der Waals surface area contributed by atoms with Gasteiger partial charge in [0, 0.05) is 18.0 Å². The molecule has 1 aliphatic heterocycles. The zero-order valence-corrected chi connectivity index (χ0v) is 10.3. The van der Waals surface area contributed by atoms with Crippen molar-refractivity contribution >= 4 is 0 Å². The number of halogens is 2. The van der Waals surface area contributed by atoms with E-state index in [1.807, 2.05) is 12.1 Å². The molecule has 1 atom stereocenters. The number of alkyl halides is 2. The molecule has 0 aromatic heterocycles. The Hall–Kier alpha value is -0.960. The van der Waals surface area contributed by atoms with Gasteiger partial charge in [0.25, 0.3) is 5.92 Å². The van der Waals surface area contributed by atoms with E-state index in [1.165, 1.54) is 5.56 Å². The second-order valence-corrected chi connectivity index (χ2v) is 5.09. The predicted molar refractivity (Wildman–Crippen MR) is 65.4 cm³/mol. The molecular weight excluding hydrogens is 220 g/mol. The van der Waals surface area contributed by atoms with Gasteiger partial charge in [-0.1, -0.05) is 38.1 Å².